The first-order chi connectivity index (χ1) is 9.06. The van der Waals surface area contributed by atoms with Crippen molar-refractivity contribution in [2.75, 3.05) is 0 Å². The average molecular weight is 324 g/mol. The van der Waals surface area contributed by atoms with Crippen LogP contribution in [-0.4, -0.2) is 5.91 Å². The van der Waals surface area contributed by atoms with E-state index in [-0.39, 0.29) is 12.4 Å². The second kappa shape index (κ2) is 5.84. The van der Waals surface area contributed by atoms with Crippen LogP contribution < -0.4 is 10.5 Å². The van der Waals surface area contributed by atoms with Crippen LogP contribution in [0, 0.1) is 5.82 Å². The minimum Gasteiger partial charge on any atom is -0.489 e. The summed E-state index contributed by atoms with van der Waals surface area (Å²) in [5.41, 5.74) is 5.96. The van der Waals surface area contributed by atoms with Crippen LogP contribution >= 0.6 is 15.9 Å². The lowest BCUT2D eigenvalue weighted by Crippen LogP contribution is -2.10. The summed E-state index contributed by atoms with van der Waals surface area (Å²) in [6.07, 6.45) is 0. The Bertz CT molecular complexity index is 616. The van der Waals surface area contributed by atoms with Gasteiger partial charge in [0.2, 0.25) is 5.91 Å². The average Bonchev–Trinajstić information content (AvgIpc) is 2.40. The van der Waals surface area contributed by atoms with Gasteiger partial charge >= 0.3 is 0 Å². The van der Waals surface area contributed by atoms with Crippen LogP contribution in [0.3, 0.4) is 0 Å². The van der Waals surface area contributed by atoms with Gasteiger partial charge in [0, 0.05) is 15.6 Å². The van der Waals surface area contributed by atoms with Crippen LogP contribution in [0.4, 0.5) is 4.39 Å². The van der Waals surface area contributed by atoms with E-state index in [1.807, 2.05) is 0 Å². The Kier molecular flexibility index (Phi) is 4.16. The van der Waals surface area contributed by atoms with Gasteiger partial charge in [0.25, 0.3) is 0 Å². The maximum absolute atomic E-state index is 13.5. The highest BCUT2D eigenvalue weighted by molar-refractivity contribution is 9.10. The quantitative estimate of drug-likeness (QED) is 0.938. The van der Waals surface area contributed by atoms with Gasteiger partial charge in [-0.15, -0.1) is 0 Å². The third-order valence-corrected chi connectivity index (χ3v) is 3.01. The number of amides is 1. The second-order valence-corrected chi connectivity index (χ2v) is 4.83. The number of rotatable bonds is 4. The number of carbonyl (C=O) groups excluding carboxylic acids is 1. The Hall–Kier alpha value is -1.88. The van der Waals surface area contributed by atoms with Gasteiger partial charge in [-0.3, -0.25) is 4.79 Å². The summed E-state index contributed by atoms with van der Waals surface area (Å²) in [6, 6.07) is 11.1. The fraction of sp³-hybridized carbons (Fsp3) is 0.0714. The Morgan fingerprint density at radius 3 is 2.79 bits per heavy atom. The molecule has 0 fully saturated rings. The molecule has 0 unspecified atom stereocenters. The molecule has 0 saturated heterocycles. The topological polar surface area (TPSA) is 52.3 Å². The number of ether oxygens (including phenoxy) is 1. The molecule has 5 heteroatoms. The van der Waals surface area contributed by atoms with Gasteiger partial charge < -0.3 is 10.5 Å². The van der Waals surface area contributed by atoms with E-state index in [1.54, 1.807) is 30.3 Å². The molecule has 0 aliphatic heterocycles. The van der Waals surface area contributed by atoms with Crippen LogP contribution in [0.1, 0.15) is 15.9 Å². The molecule has 0 aromatic heterocycles. The molecule has 0 saturated carbocycles. The second-order valence-electron chi connectivity index (χ2n) is 3.92. The van der Waals surface area contributed by atoms with Crippen LogP contribution in [0.25, 0.3) is 0 Å². The Morgan fingerprint density at radius 2 is 2.05 bits per heavy atom. The highest BCUT2D eigenvalue weighted by Gasteiger charge is 2.05. The molecular formula is C14H11BrFNO2. The SMILES string of the molecule is NC(=O)c1cccc(OCc2cc(Br)ccc2F)c1. The van der Waals surface area contributed by atoms with Crippen molar-refractivity contribution in [3.63, 3.8) is 0 Å². The predicted molar refractivity (Wildman–Crippen MR) is 73.4 cm³/mol. The first-order valence-electron chi connectivity index (χ1n) is 5.53. The first-order valence-corrected chi connectivity index (χ1v) is 6.32. The van der Waals surface area contributed by atoms with Gasteiger partial charge in [-0.25, -0.2) is 4.39 Å². The summed E-state index contributed by atoms with van der Waals surface area (Å²) in [5.74, 6) is -0.399. The smallest absolute Gasteiger partial charge is 0.248 e. The van der Waals surface area contributed by atoms with Gasteiger partial charge in [-0.1, -0.05) is 22.0 Å². The molecule has 0 radical (unpaired) electrons. The molecule has 0 heterocycles. The third kappa shape index (κ3) is 3.54. The summed E-state index contributed by atoms with van der Waals surface area (Å²) < 4.78 is 19.7. The van der Waals surface area contributed by atoms with E-state index >= 15 is 0 Å². The van der Waals surface area contributed by atoms with Crippen molar-refractivity contribution >= 4 is 21.8 Å². The molecule has 0 aliphatic carbocycles. The van der Waals surface area contributed by atoms with E-state index in [0.717, 1.165) is 4.47 Å². The predicted octanol–water partition coefficient (Wildman–Crippen LogP) is 3.27. The van der Waals surface area contributed by atoms with Crippen molar-refractivity contribution in [3.05, 3.63) is 63.9 Å². The molecule has 2 aromatic carbocycles. The highest BCUT2D eigenvalue weighted by Crippen LogP contribution is 2.19. The van der Waals surface area contributed by atoms with Gasteiger partial charge in [-0.2, -0.15) is 0 Å². The van der Waals surface area contributed by atoms with Crippen LogP contribution in [0.15, 0.2) is 46.9 Å². The number of hydrogen-bond acceptors (Lipinski definition) is 2. The third-order valence-electron chi connectivity index (χ3n) is 2.52. The van der Waals surface area contributed by atoms with Crippen molar-refractivity contribution in [3.8, 4) is 5.75 Å². The van der Waals surface area contributed by atoms with E-state index in [1.165, 1.54) is 12.1 Å². The molecular weight excluding hydrogens is 313 g/mol. The van der Waals surface area contributed by atoms with E-state index in [0.29, 0.717) is 16.9 Å². The summed E-state index contributed by atoms with van der Waals surface area (Å²) >= 11 is 3.27. The molecule has 0 atom stereocenters. The van der Waals surface area contributed by atoms with E-state index in [4.69, 9.17) is 10.5 Å². The highest BCUT2D eigenvalue weighted by atomic mass is 79.9. The zero-order valence-electron chi connectivity index (χ0n) is 9.90. The van der Waals surface area contributed by atoms with Crippen LogP contribution in [-0.2, 0) is 6.61 Å². The lowest BCUT2D eigenvalue weighted by molar-refractivity contribution is 0.1000. The van der Waals surface area contributed by atoms with Crippen LogP contribution in [0.2, 0.25) is 0 Å². The summed E-state index contributed by atoms with van der Waals surface area (Å²) in [5, 5.41) is 0. The van der Waals surface area contributed by atoms with Crippen molar-refractivity contribution in [2.24, 2.45) is 5.73 Å². The maximum atomic E-state index is 13.5. The minimum absolute atomic E-state index is 0.0769. The van der Waals surface area contributed by atoms with Crippen molar-refractivity contribution < 1.29 is 13.9 Å². The number of hydrogen-bond donors (Lipinski definition) is 1. The van der Waals surface area contributed by atoms with Crippen molar-refractivity contribution in [1.82, 2.24) is 0 Å². The number of primary amides is 1. The number of halogens is 2. The largest absolute Gasteiger partial charge is 0.489 e. The number of nitrogens with two attached hydrogens (primary N) is 1. The lowest BCUT2D eigenvalue weighted by atomic mass is 10.2. The summed E-state index contributed by atoms with van der Waals surface area (Å²) in [6.45, 7) is 0.0769. The maximum Gasteiger partial charge on any atom is 0.248 e. The number of carbonyl (C=O) groups is 1. The first kappa shape index (κ1) is 13.5. The molecule has 98 valence electrons. The molecule has 2 rings (SSSR count). The van der Waals surface area contributed by atoms with Gasteiger partial charge in [0.1, 0.15) is 18.2 Å². The Morgan fingerprint density at radius 1 is 1.26 bits per heavy atom. The zero-order chi connectivity index (χ0) is 13.8. The summed E-state index contributed by atoms with van der Waals surface area (Å²) in [4.78, 5) is 11.0. The Balaban J connectivity index is 2.12. The fourth-order valence-electron chi connectivity index (χ4n) is 1.55. The molecule has 1 amide bonds. The van der Waals surface area contributed by atoms with Crippen LogP contribution in [0.5, 0.6) is 5.75 Å². The minimum atomic E-state index is -0.529. The van der Waals surface area contributed by atoms with Gasteiger partial charge in [0.05, 0.1) is 0 Å². The standard InChI is InChI=1S/C14H11BrFNO2/c15-11-4-5-13(16)10(6-11)8-19-12-3-1-2-9(7-12)14(17)18/h1-7H,8H2,(H2,17,18). The molecule has 0 bridgehead atoms. The van der Waals surface area contributed by atoms with Gasteiger partial charge in [0.15, 0.2) is 0 Å². The van der Waals surface area contributed by atoms with E-state index in [9.17, 15) is 9.18 Å². The zero-order valence-corrected chi connectivity index (χ0v) is 11.5. The molecule has 0 spiro atoms. The van der Waals surface area contributed by atoms with E-state index < -0.39 is 5.91 Å². The van der Waals surface area contributed by atoms with Crippen molar-refractivity contribution in [2.45, 2.75) is 6.61 Å². The van der Waals surface area contributed by atoms with E-state index in [2.05, 4.69) is 15.9 Å². The normalized spacial score (nSPS) is 10.2. The Labute approximate surface area is 118 Å². The lowest BCUT2D eigenvalue weighted by Gasteiger charge is -2.08. The fourth-order valence-corrected chi connectivity index (χ4v) is 1.96. The molecule has 19 heavy (non-hydrogen) atoms. The number of benzene rings is 2. The molecule has 2 N–H and O–H groups in total. The molecule has 3 nitrogen and oxygen atoms in total. The molecule has 0 aliphatic rings. The molecule has 2 aromatic rings. The summed E-state index contributed by atoms with van der Waals surface area (Å²) in [7, 11) is 0. The monoisotopic (exact) mass is 323 g/mol. The van der Waals surface area contributed by atoms with Gasteiger partial charge in [-0.05, 0) is 36.4 Å². The van der Waals surface area contributed by atoms with Crippen molar-refractivity contribution in [1.29, 1.82) is 0 Å².